The average Bonchev–Trinajstić information content (AvgIpc) is 2.85. The predicted molar refractivity (Wildman–Crippen MR) is 85.0 cm³/mol. The second kappa shape index (κ2) is 7.26. The average molecular weight is 277 g/mol. The number of hydrogen-bond acceptors (Lipinski definition) is 2. The maximum absolute atomic E-state index is 5.02. The van der Waals surface area contributed by atoms with Crippen LogP contribution >= 0.6 is 0 Å². The van der Waals surface area contributed by atoms with Crippen molar-refractivity contribution in [1.82, 2.24) is 15.1 Å². The van der Waals surface area contributed by atoms with Crippen LogP contribution in [0, 0.1) is 5.92 Å². The summed E-state index contributed by atoms with van der Waals surface area (Å²) >= 11 is 0. The van der Waals surface area contributed by atoms with Crippen molar-refractivity contribution in [3.8, 4) is 0 Å². The van der Waals surface area contributed by atoms with Crippen LogP contribution in [0.2, 0.25) is 0 Å². The molecule has 0 saturated heterocycles. The first-order chi connectivity index (χ1) is 9.76. The Morgan fingerprint density at radius 3 is 2.50 bits per heavy atom. The van der Waals surface area contributed by atoms with E-state index in [4.69, 9.17) is 5.10 Å². The normalized spacial score (nSPS) is 23.2. The zero-order valence-electron chi connectivity index (χ0n) is 13.7. The van der Waals surface area contributed by atoms with Gasteiger partial charge in [-0.05, 0) is 38.6 Å². The molecular weight excluding hydrogens is 246 g/mol. The molecular formula is C17H31N3. The summed E-state index contributed by atoms with van der Waals surface area (Å²) in [6.45, 7) is 7.79. The largest absolute Gasteiger partial charge is 0.316 e. The smallest absolute Gasteiger partial charge is 0.0669 e. The zero-order valence-corrected chi connectivity index (χ0v) is 13.7. The Morgan fingerprint density at radius 1 is 1.15 bits per heavy atom. The topological polar surface area (TPSA) is 29.9 Å². The van der Waals surface area contributed by atoms with Crippen molar-refractivity contribution < 1.29 is 0 Å². The van der Waals surface area contributed by atoms with Gasteiger partial charge in [-0.25, -0.2) is 0 Å². The third kappa shape index (κ3) is 2.93. The van der Waals surface area contributed by atoms with Crippen molar-refractivity contribution >= 4 is 0 Å². The van der Waals surface area contributed by atoms with Crippen molar-refractivity contribution in [3.63, 3.8) is 0 Å². The van der Waals surface area contributed by atoms with Gasteiger partial charge in [-0.3, -0.25) is 4.68 Å². The van der Waals surface area contributed by atoms with Gasteiger partial charge in [0.15, 0.2) is 0 Å². The Labute approximate surface area is 124 Å². The number of hydrogen-bond donors (Lipinski definition) is 1. The van der Waals surface area contributed by atoms with E-state index in [-0.39, 0.29) is 0 Å². The van der Waals surface area contributed by atoms with Crippen LogP contribution in [0.1, 0.15) is 75.9 Å². The third-order valence-electron chi connectivity index (χ3n) is 4.93. The van der Waals surface area contributed by atoms with Gasteiger partial charge in [0.1, 0.15) is 0 Å². The minimum absolute atomic E-state index is 0.639. The van der Waals surface area contributed by atoms with Gasteiger partial charge in [0, 0.05) is 17.8 Å². The van der Waals surface area contributed by atoms with Crippen LogP contribution in [-0.2, 0) is 19.4 Å². The van der Waals surface area contributed by atoms with E-state index >= 15 is 0 Å². The van der Waals surface area contributed by atoms with Crippen LogP contribution in [0.5, 0.6) is 0 Å². The lowest BCUT2D eigenvalue weighted by atomic mass is 9.83. The highest BCUT2D eigenvalue weighted by molar-refractivity contribution is 5.27. The molecule has 114 valence electrons. The van der Waals surface area contributed by atoms with Gasteiger partial charge in [-0.2, -0.15) is 5.10 Å². The molecule has 0 amide bonds. The molecule has 1 fully saturated rings. The molecule has 1 heterocycles. The van der Waals surface area contributed by atoms with Gasteiger partial charge < -0.3 is 5.32 Å². The van der Waals surface area contributed by atoms with Crippen molar-refractivity contribution in [2.75, 3.05) is 7.05 Å². The predicted octanol–water partition coefficient (Wildman–Crippen LogP) is 3.87. The molecule has 3 nitrogen and oxygen atoms in total. The van der Waals surface area contributed by atoms with Gasteiger partial charge in [-0.1, -0.05) is 40.0 Å². The maximum Gasteiger partial charge on any atom is 0.0669 e. The molecule has 0 radical (unpaired) electrons. The quantitative estimate of drug-likeness (QED) is 0.855. The van der Waals surface area contributed by atoms with Gasteiger partial charge in [0.05, 0.1) is 11.7 Å². The second-order valence-corrected chi connectivity index (χ2v) is 6.07. The first kappa shape index (κ1) is 15.6. The highest BCUT2D eigenvalue weighted by Crippen LogP contribution is 2.37. The lowest BCUT2D eigenvalue weighted by Crippen LogP contribution is -2.25. The Bertz CT molecular complexity index is 422. The number of aryl methyl sites for hydroxylation is 1. The van der Waals surface area contributed by atoms with Gasteiger partial charge >= 0.3 is 0 Å². The lowest BCUT2D eigenvalue weighted by molar-refractivity contribution is 0.212. The molecule has 1 aromatic rings. The SMILES string of the molecule is CCc1nn(C2CCCCC2CC)c(CC)c1CNC. The molecule has 1 aliphatic rings. The Hall–Kier alpha value is -0.830. The highest BCUT2D eigenvalue weighted by atomic mass is 15.3. The fourth-order valence-corrected chi connectivity index (χ4v) is 3.86. The van der Waals surface area contributed by atoms with E-state index in [0.717, 1.165) is 25.3 Å². The molecule has 1 saturated carbocycles. The highest BCUT2D eigenvalue weighted by Gasteiger charge is 2.29. The molecule has 3 heteroatoms. The minimum Gasteiger partial charge on any atom is -0.316 e. The van der Waals surface area contributed by atoms with Crippen LogP contribution in [0.15, 0.2) is 0 Å². The van der Waals surface area contributed by atoms with Crippen LogP contribution in [-0.4, -0.2) is 16.8 Å². The van der Waals surface area contributed by atoms with Crippen LogP contribution < -0.4 is 5.32 Å². The summed E-state index contributed by atoms with van der Waals surface area (Å²) < 4.78 is 2.42. The van der Waals surface area contributed by atoms with E-state index in [2.05, 4.69) is 30.8 Å². The summed E-state index contributed by atoms with van der Waals surface area (Å²) in [6.07, 6.45) is 8.89. The fourth-order valence-electron chi connectivity index (χ4n) is 3.86. The first-order valence-corrected chi connectivity index (χ1v) is 8.50. The summed E-state index contributed by atoms with van der Waals surface area (Å²) in [6, 6.07) is 0.639. The summed E-state index contributed by atoms with van der Waals surface area (Å²) in [4.78, 5) is 0. The Balaban J connectivity index is 2.38. The molecule has 2 atom stereocenters. The van der Waals surface area contributed by atoms with Crippen LogP contribution in [0.3, 0.4) is 0 Å². The van der Waals surface area contributed by atoms with Crippen molar-refractivity contribution in [2.45, 2.75) is 78.3 Å². The molecule has 1 N–H and O–H groups in total. The van der Waals surface area contributed by atoms with E-state index in [1.54, 1.807) is 0 Å². The number of nitrogens with zero attached hydrogens (tertiary/aromatic N) is 2. The van der Waals surface area contributed by atoms with Crippen molar-refractivity contribution in [3.05, 3.63) is 17.0 Å². The first-order valence-electron chi connectivity index (χ1n) is 8.50. The third-order valence-corrected chi connectivity index (χ3v) is 4.93. The maximum atomic E-state index is 5.02. The minimum atomic E-state index is 0.639. The summed E-state index contributed by atoms with van der Waals surface area (Å²) in [5.41, 5.74) is 4.23. The molecule has 2 rings (SSSR count). The van der Waals surface area contributed by atoms with Crippen molar-refractivity contribution in [1.29, 1.82) is 0 Å². The lowest BCUT2D eigenvalue weighted by Gasteiger charge is -2.32. The second-order valence-electron chi connectivity index (χ2n) is 6.07. The molecule has 0 aliphatic heterocycles. The van der Waals surface area contributed by atoms with Gasteiger partial charge in [-0.15, -0.1) is 0 Å². The summed E-state index contributed by atoms with van der Waals surface area (Å²) in [5.74, 6) is 0.820. The van der Waals surface area contributed by atoms with Crippen molar-refractivity contribution in [2.24, 2.45) is 5.92 Å². The van der Waals surface area contributed by atoms with E-state index in [9.17, 15) is 0 Å². The monoisotopic (exact) mass is 277 g/mol. The molecule has 2 unspecified atom stereocenters. The van der Waals surface area contributed by atoms with E-state index < -0.39 is 0 Å². The van der Waals surface area contributed by atoms with E-state index in [0.29, 0.717) is 6.04 Å². The van der Waals surface area contributed by atoms with Crippen LogP contribution in [0.25, 0.3) is 0 Å². The summed E-state index contributed by atoms with van der Waals surface area (Å²) in [7, 11) is 2.03. The molecule has 1 aromatic heterocycles. The molecule has 0 spiro atoms. The fraction of sp³-hybridized carbons (Fsp3) is 0.824. The molecule has 1 aliphatic carbocycles. The zero-order chi connectivity index (χ0) is 14.5. The Morgan fingerprint density at radius 2 is 1.90 bits per heavy atom. The number of aromatic nitrogens is 2. The number of nitrogens with one attached hydrogen (secondary N) is 1. The standard InChI is InChI=1S/C17H31N3/c1-5-13-10-8-9-11-17(13)20-16(7-3)14(12-18-4)15(6-2)19-20/h13,17-18H,5-12H2,1-4H3. The molecule has 0 bridgehead atoms. The summed E-state index contributed by atoms with van der Waals surface area (Å²) in [5, 5.41) is 8.34. The van der Waals surface area contributed by atoms with Gasteiger partial charge in [0.2, 0.25) is 0 Å². The molecule has 20 heavy (non-hydrogen) atoms. The number of rotatable bonds is 6. The Kier molecular flexibility index (Phi) is 5.64. The van der Waals surface area contributed by atoms with Gasteiger partial charge in [0.25, 0.3) is 0 Å². The van der Waals surface area contributed by atoms with E-state index in [1.807, 2.05) is 7.05 Å². The molecule has 0 aromatic carbocycles. The van der Waals surface area contributed by atoms with E-state index in [1.165, 1.54) is 49.1 Å². The van der Waals surface area contributed by atoms with Crippen LogP contribution in [0.4, 0.5) is 0 Å².